The third-order valence-corrected chi connectivity index (χ3v) is 7.59. The van der Waals surface area contributed by atoms with Gasteiger partial charge in [0.25, 0.3) is 5.91 Å². The Hall–Kier alpha value is -3.08. The van der Waals surface area contributed by atoms with Crippen molar-refractivity contribution in [3.8, 4) is 11.5 Å². The van der Waals surface area contributed by atoms with E-state index < -0.39 is 5.97 Å². The highest BCUT2D eigenvalue weighted by Crippen LogP contribution is 2.40. The Morgan fingerprint density at radius 2 is 1.76 bits per heavy atom. The van der Waals surface area contributed by atoms with Gasteiger partial charge in [-0.15, -0.1) is 0 Å². The lowest BCUT2D eigenvalue weighted by molar-refractivity contribution is -0.122. The Balaban J connectivity index is 1.59. The summed E-state index contributed by atoms with van der Waals surface area (Å²) in [6.45, 7) is 5.06. The van der Waals surface area contributed by atoms with Gasteiger partial charge in [0, 0.05) is 11.0 Å². The van der Waals surface area contributed by atoms with Crippen molar-refractivity contribution in [1.29, 1.82) is 0 Å². The first-order chi connectivity index (χ1) is 18.3. The van der Waals surface area contributed by atoms with Crippen molar-refractivity contribution in [2.45, 2.75) is 20.5 Å². The number of rotatable bonds is 9. The molecule has 10 heteroatoms. The van der Waals surface area contributed by atoms with Gasteiger partial charge >= 0.3 is 5.97 Å². The fourth-order valence-electron chi connectivity index (χ4n) is 3.62. The number of carbonyl (C=O) groups excluding carboxylic acids is 1. The first-order valence-corrected chi connectivity index (χ1v) is 14.2. The minimum absolute atomic E-state index is 0.150. The van der Waals surface area contributed by atoms with Crippen molar-refractivity contribution in [3.63, 3.8) is 0 Å². The SMILES string of the molecule is CCOc1cc(/C=C2\SC(=Nc3ccc(C(=O)O)cc3)N(CC)C2=O)cc(Br)c1OCc1ccc(Br)cc1. The number of aliphatic imine (C=N–C) groups is 1. The fourth-order valence-corrected chi connectivity index (χ4v) is 5.52. The van der Waals surface area contributed by atoms with Crippen LogP contribution in [0, 0.1) is 0 Å². The fraction of sp³-hybridized carbons (Fsp3) is 0.179. The molecular weight excluding hydrogens is 636 g/mol. The predicted octanol–water partition coefficient (Wildman–Crippen LogP) is 7.51. The van der Waals surface area contributed by atoms with Crippen LogP contribution in [0.5, 0.6) is 11.5 Å². The lowest BCUT2D eigenvalue weighted by Crippen LogP contribution is -2.28. The number of benzene rings is 3. The summed E-state index contributed by atoms with van der Waals surface area (Å²) < 4.78 is 13.7. The minimum atomic E-state index is -1.00. The normalized spacial score (nSPS) is 15.4. The molecule has 3 aromatic rings. The molecule has 1 amide bonds. The van der Waals surface area contributed by atoms with Gasteiger partial charge in [0.05, 0.1) is 27.2 Å². The van der Waals surface area contributed by atoms with Crippen LogP contribution in [-0.4, -0.2) is 40.2 Å². The number of nitrogens with zero attached hydrogens (tertiary/aromatic N) is 2. The molecule has 0 aromatic heterocycles. The highest BCUT2D eigenvalue weighted by molar-refractivity contribution is 9.10. The second-order valence-electron chi connectivity index (χ2n) is 8.08. The van der Waals surface area contributed by atoms with Gasteiger partial charge in [-0.3, -0.25) is 9.69 Å². The Labute approximate surface area is 241 Å². The molecule has 4 rings (SSSR count). The minimum Gasteiger partial charge on any atom is -0.490 e. The summed E-state index contributed by atoms with van der Waals surface area (Å²) >= 11 is 8.31. The maximum atomic E-state index is 13.1. The molecule has 0 aliphatic carbocycles. The zero-order chi connectivity index (χ0) is 27.2. The molecule has 7 nitrogen and oxygen atoms in total. The summed E-state index contributed by atoms with van der Waals surface area (Å²) in [7, 11) is 0. The van der Waals surface area contributed by atoms with Gasteiger partial charge in [0.1, 0.15) is 6.61 Å². The molecule has 0 unspecified atom stereocenters. The van der Waals surface area contributed by atoms with Crippen LogP contribution in [0.1, 0.15) is 35.3 Å². The number of carboxylic acid groups (broad SMARTS) is 1. The van der Waals surface area contributed by atoms with Gasteiger partial charge in [-0.25, -0.2) is 9.79 Å². The van der Waals surface area contributed by atoms with Crippen LogP contribution in [0.15, 0.2) is 79.5 Å². The number of aromatic carboxylic acids is 1. The zero-order valence-corrected chi connectivity index (χ0v) is 24.6. The number of amidine groups is 1. The van der Waals surface area contributed by atoms with Crippen LogP contribution < -0.4 is 9.47 Å². The molecule has 196 valence electrons. The molecule has 1 N–H and O–H groups in total. The summed E-state index contributed by atoms with van der Waals surface area (Å²) in [6.07, 6.45) is 1.80. The quantitative estimate of drug-likeness (QED) is 0.239. The lowest BCUT2D eigenvalue weighted by Gasteiger charge is -2.15. The van der Waals surface area contributed by atoms with E-state index in [0.29, 0.717) is 51.5 Å². The third-order valence-electron chi connectivity index (χ3n) is 5.47. The van der Waals surface area contributed by atoms with Crippen LogP contribution in [0.25, 0.3) is 6.08 Å². The number of carbonyl (C=O) groups is 2. The molecule has 0 atom stereocenters. The van der Waals surface area contributed by atoms with E-state index in [1.807, 2.05) is 50.2 Å². The Bertz CT molecular complexity index is 1410. The second-order valence-corrected chi connectivity index (χ2v) is 10.9. The van der Waals surface area contributed by atoms with Crippen LogP contribution in [0.3, 0.4) is 0 Å². The molecule has 1 aliphatic rings. The van der Waals surface area contributed by atoms with E-state index in [4.69, 9.17) is 14.6 Å². The van der Waals surface area contributed by atoms with Gasteiger partial charge in [-0.1, -0.05) is 28.1 Å². The van der Waals surface area contributed by atoms with Gasteiger partial charge in [-0.2, -0.15) is 0 Å². The van der Waals surface area contributed by atoms with Crippen molar-refractivity contribution in [2.75, 3.05) is 13.2 Å². The maximum absolute atomic E-state index is 13.1. The molecule has 3 aromatic carbocycles. The number of halogens is 2. The van der Waals surface area contributed by atoms with E-state index >= 15 is 0 Å². The number of ether oxygens (including phenoxy) is 2. The summed E-state index contributed by atoms with van der Waals surface area (Å²) in [5.41, 5.74) is 2.54. The van der Waals surface area contributed by atoms with Crippen molar-refractivity contribution < 1.29 is 24.2 Å². The molecule has 1 saturated heterocycles. The van der Waals surface area contributed by atoms with Crippen molar-refractivity contribution >= 4 is 72.4 Å². The number of likely N-dealkylation sites (N-methyl/N-ethyl adjacent to an activating group) is 1. The molecular formula is C28H24Br2N2O5S. The predicted molar refractivity (Wildman–Crippen MR) is 157 cm³/mol. The van der Waals surface area contributed by atoms with Crippen LogP contribution in [-0.2, 0) is 11.4 Å². The van der Waals surface area contributed by atoms with E-state index in [-0.39, 0.29) is 11.5 Å². The zero-order valence-electron chi connectivity index (χ0n) is 20.6. The van der Waals surface area contributed by atoms with E-state index in [2.05, 4.69) is 36.9 Å². The smallest absolute Gasteiger partial charge is 0.335 e. The molecule has 1 heterocycles. The average molecular weight is 660 g/mol. The topological polar surface area (TPSA) is 88.4 Å². The van der Waals surface area contributed by atoms with Crippen molar-refractivity contribution in [1.82, 2.24) is 4.90 Å². The van der Waals surface area contributed by atoms with Gasteiger partial charge in [0.2, 0.25) is 0 Å². The van der Waals surface area contributed by atoms with E-state index in [9.17, 15) is 9.59 Å². The largest absolute Gasteiger partial charge is 0.490 e. The maximum Gasteiger partial charge on any atom is 0.335 e. The number of hydrogen-bond donors (Lipinski definition) is 1. The third kappa shape index (κ3) is 6.67. The summed E-state index contributed by atoms with van der Waals surface area (Å²) in [4.78, 5) is 30.9. The van der Waals surface area contributed by atoms with Crippen LogP contribution in [0.4, 0.5) is 5.69 Å². The summed E-state index contributed by atoms with van der Waals surface area (Å²) in [6, 6.07) is 17.9. The van der Waals surface area contributed by atoms with Gasteiger partial charge in [0.15, 0.2) is 16.7 Å². The average Bonchev–Trinajstić information content (AvgIpc) is 3.18. The monoisotopic (exact) mass is 658 g/mol. The first kappa shape index (κ1) is 27.9. The van der Waals surface area contributed by atoms with Gasteiger partial charge in [-0.05, 0) is 107 Å². The van der Waals surface area contributed by atoms with Crippen LogP contribution >= 0.6 is 43.6 Å². The number of thioether (sulfide) groups is 1. The Morgan fingerprint density at radius 1 is 1.05 bits per heavy atom. The lowest BCUT2D eigenvalue weighted by atomic mass is 10.1. The molecule has 0 saturated carbocycles. The first-order valence-electron chi connectivity index (χ1n) is 11.8. The van der Waals surface area contributed by atoms with Gasteiger partial charge < -0.3 is 14.6 Å². The molecule has 38 heavy (non-hydrogen) atoms. The molecule has 1 aliphatic heterocycles. The highest BCUT2D eigenvalue weighted by Gasteiger charge is 2.32. The summed E-state index contributed by atoms with van der Waals surface area (Å²) in [5.74, 6) is 0.00555. The summed E-state index contributed by atoms with van der Waals surface area (Å²) in [5, 5.41) is 9.64. The number of amides is 1. The molecule has 0 spiro atoms. The van der Waals surface area contributed by atoms with E-state index in [0.717, 1.165) is 15.6 Å². The second kappa shape index (κ2) is 12.6. The number of carboxylic acids is 1. The van der Waals surface area contributed by atoms with Crippen LogP contribution in [0.2, 0.25) is 0 Å². The molecule has 1 fully saturated rings. The number of hydrogen-bond acceptors (Lipinski definition) is 6. The Morgan fingerprint density at radius 3 is 2.39 bits per heavy atom. The standard InChI is InChI=1S/C28H24Br2N2O5S/c1-3-32-26(33)24(38-28(32)31-21-11-7-19(8-12-21)27(34)35)15-18-13-22(30)25(23(14-18)36-4-2)37-16-17-5-9-20(29)10-6-17/h5-15H,3-4,16H2,1-2H3,(H,34,35)/b24-15-,31-28?. The van der Waals surface area contributed by atoms with E-state index in [1.165, 1.54) is 23.9 Å². The van der Waals surface area contributed by atoms with Crippen molar-refractivity contribution in [3.05, 3.63) is 91.2 Å². The molecule has 0 radical (unpaired) electrons. The highest BCUT2D eigenvalue weighted by atomic mass is 79.9. The van der Waals surface area contributed by atoms with E-state index in [1.54, 1.807) is 23.1 Å². The molecule has 0 bridgehead atoms. The van der Waals surface area contributed by atoms with Crippen molar-refractivity contribution in [2.24, 2.45) is 4.99 Å². The Kier molecular flexibility index (Phi) is 9.30.